The van der Waals surface area contributed by atoms with E-state index in [4.69, 9.17) is 18.9 Å². The smallest absolute Gasteiger partial charge is 0.232 e. The van der Waals surface area contributed by atoms with Crippen LogP contribution in [-0.4, -0.2) is 80.8 Å². The first kappa shape index (κ1) is 30.5. The minimum absolute atomic E-state index is 0.0450. The van der Waals surface area contributed by atoms with Gasteiger partial charge in [0.1, 0.15) is 33.7 Å². The maximum absolute atomic E-state index is 12.7. The van der Waals surface area contributed by atoms with Crippen molar-refractivity contribution in [1.29, 1.82) is 0 Å². The molecule has 4 aromatic rings. The molecule has 7 rings (SSSR count). The number of carbonyl (C=O) groups is 2. The number of pyridine rings is 2. The van der Waals surface area contributed by atoms with Gasteiger partial charge in [0.15, 0.2) is 0 Å². The summed E-state index contributed by atoms with van der Waals surface area (Å²) >= 11 is 2.79. The van der Waals surface area contributed by atoms with Gasteiger partial charge in [-0.1, -0.05) is 29.1 Å². The van der Waals surface area contributed by atoms with E-state index in [1.807, 2.05) is 0 Å². The Balaban J connectivity index is 0.895. The van der Waals surface area contributed by atoms with E-state index in [9.17, 15) is 9.59 Å². The predicted octanol–water partition coefficient (Wildman–Crippen LogP) is 3.54. The first-order valence-electron chi connectivity index (χ1n) is 15.2. The second-order valence-electron chi connectivity index (χ2n) is 11.4. The molecule has 2 saturated heterocycles. The number of nitrogens with one attached hydrogen (secondary N) is 2. The van der Waals surface area contributed by atoms with Crippen molar-refractivity contribution in [3.8, 4) is 11.5 Å². The summed E-state index contributed by atoms with van der Waals surface area (Å²) in [5, 5.41) is 25.7. The van der Waals surface area contributed by atoms with Gasteiger partial charge in [0.05, 0.1) is 50.7 Å². The molecule has 6 heterocycles. The van der Waals surface area contributed by atoms with Crippen LogP contribution in [0.5, 0.6) is 11.5 Å². The van der Waals surface area contributed by atoms with E-state index in [-0.39, 0.29) is 48.7 Å². The molecule has 16 heteroatoms. The van der Waals surface area contributed by atoms with Gasteiger partial charge >= 0.3 is 0 Å². The highest BCUT2D eigenvalue weighted by Crippen LogP contribution is 2.43. The van der Waals surface area contributed by atoms with E-state index in [0.717, 1.165) is 35.7 Å². The summed E-state index contributed by atoms with van der Waals surface area (Å²) in [4.78, 5) is 34.0. The molecule has 14 nitrogen and oxygen atoms in total. The van der Waals surface area contributed by atoms with Crippen molar-refractivity contribution < 1.29 is 28.5 Å². The Labute approximate surface area is 272 Å². The molecule has 0 unspecified atom stereocenters. The Morgan fingerprint density at radius 1 is 0.739 bits per heavy atom. The van der Waals surface area contributed by atoms with Crippen LogP contribution >= 0.6 is 22.7 Å². The number of ether oxygens (including phenoxy) is 4. The van der Waals surface area contributed by atoms with Crippen LogP contribution in [0.2, 0.25) is 0 Å². The van der Waals surface area contributed by atoms with Gasteiger partial charge in [-0.15, -0.1) is 20.4 Å². The minimum atomic E-state index is -0.218. The molecule has 3 aliphatic rings. The van der Waals surface area contributed by atoms with E-state index in [1.54, 1.807) is 36.7 Å². The number of hydrogen-bond donors (Lipinski definition) is 2. The van der Waals surface area contributed by atoms with E-state index < -0.39 is 0 Å². The number of nitrogens with zero attached hydrogens (tertiary/aromatic N) is 6. The van der Waals surface area contributed by atoms with Crippen LogP contribution in [0.3, 0.4) is 0 Å². The largest absolute Gasteiger partial charge is 0.485 e. The van der Waals surface area contributed by atoms with Crippen LogP contribution in [0.15, 0.2) is 36.7 Å². The fraction of sp³-hybridized carbons (Fsp3) is 0.467. The average Bonchev–Trinajstić information content (AvgIpc) is 3.67. The molecule has 46 heavy (non-hydrogen) atoms. The van der Waals surface area contributed by atoms with Crippen LogP contribution in [0.1, 0.15) is 58.9 Å². The van der Waals surface area contributed by atoms with Gasteiger partial charge in [-0.05, 0) is 31.4 Å². The van der Waals surface area contributed by atoms with E-state index in [0.29, 0.717) is 59.6 Å². The molecule has 4 aromatic heterocycles. The summed E-state index contributed by atoms with van der Waals surface area (Å²) in [6.45, 7) is 2.28. The Morgan fingerprint density at radius 2 is 1.22 bits per heavy atom. The Morgan fingerprint density at radius 3 is 1.65 bits per heavy atom. The zero-order valence-corrected chi connectivity index (χ0v) is 26.4. The number of anilines is 2. The first-order chi connectivity index (χ1) is 22.5. The summed E-state index contributed by atoms with van der Waals surface area (Å²) in [5.74, 6) is 1.30. The maximum Gasteiger partial charge on any atom is 0.232 e. The molecule has 0 radical (unpaired) electrons. The van der Waals surface area contributed by atoms with E-state index >= 15 is 0 Å². The molecule has 2 aliphatic heterocycles. The minimum Gasteiger partial charge on any atom is -0.485 e. The highest BCUT2D eigenvalue weighted by molar-refractivity contribution is 7.15. The number of rotatable bonds is 12. The molecule has 240 valence electrons. The molecular formula is C30H32N8O6S2. The Kier molecular flexibility index (Phi) is 9.36. The van der Waals surface area contributed by atoms with Crippen molar-refractivity contribution in [3.05, 3.63) is 58.1 Å². The standard InChI is InChI=1S/C30H32N8O6S2/c39-25(11-19-9-21(4-6-31-19)43-23-13-41-14-23)33-29-37-35-27(45-29)17-2-1-3-18(8-17)28-36-38-30(46-28)34-26(40)12-20-10-22(5-7-32-20)44-24-15-42-16-24/h4-7,9-10,17-18,23-24H,1-3,8,11-16H2,(H,33,37,39)(H,34,38,40)/t17-,18-/m0/s1. The summed E-state index contributed by atoms with van der Waals surface area (Å²) in [6.07, 6.45) is 7.37. The van der Waals surface area contributed by atoms with E-state index in [1.165, 1.54) is 22.7 Å². The van der Waals surface area contributed by atoms with Gasteiger partial charge in [0.2, 0.25) is 22.1 Å². The fourth-order valence-corrected chi connectivity index (χ4v) is 7.21. The summed E-state index contributed by atoms with van der Waals surface area (Å²) < 4.78 is 21.9. The molecule has 3 fully saturated rings. The van der Waals surface area contributed by atoms with Gasteiger partial charge in [-0.3, -0.25) is 19.6 Å². The number of carbonyl (C=O) groups excluding carboxylic acids is 2. The van der Waals surface area contributed by atoms with Crippen LogP contribution in [0.25, 0.3) is 0 Å². The molecular weight excluding hydrogens is 633 g/mol. The van der Waals surface area contributed by atoms with Crippen LogP contribution in [0.4, 0.5) is 10.3 Å². The second-order valence-corrected chi connectivity index (χ2v) is 13.4. The Hall–Kier alpha value is -4.12. The highest BCUT2D eigenvalue weighted by atomic mass is 32.1. The van der Waals surface area contributed by atoms with Gasteiger partial charge < -0.3 is 29.6 Å². The van der Waals surface area contributed by atoms with Gasteiger partial charge in [0, 0.05) is 36.4 Å². The lowest BCUT2D eigenvalue weighted by Crippen LogP contribution is -2.38. The first-order valence-corrected chi connectivity index (χ1v) is 16.8. The third-order valence-electron chi connectivity index (χ3n) is 7.83. The number of aromatic nitrogens is 6. The van der Waals surface area contributed by atoms with Crippen LogP contribution < -0.4 is 20.1 Å². The van der Waals surface area contributed by atoms with Crippen molar-refractivity contribution in [2.45, 2.75) is 62.6 Å². The molecule has 2 atom stereocenters. The number of amides is 2. The van der Waals surface area contributed by atoms with Crippen molar-refractivity contribution in [3.63, 3.8) is 0 Å². The number of hydrogen-bond acceptors (Lipinski definition) is 14. The second kappa shape index (κ2) is 14.1. The lowest BCUT2D eigenvalue weighted by atomic mass is 9.82. The summed E-state index contributed by atoms with van der Waals surface area (Å²) in [6, 6.07) is 7.09. The normalized spacial score (nSPS) is 19.9. The average molecular weight is 665 g/mol. The predicted molar refractivity (Wildman–Crippen MR) is 167 cm³/mol. The lowest BCUT2D eigenvalue weighted by molar-refractivity contribution is -0.116. The Bertz CT molecular complexity index is 1560. The van der Waals surface area contributed by atoms with Crippen molar-refractivity contribution >= 4 is 44.8 Å². The maximum atomic E-state index is 12.7. The van der Waals surface area contributed by atoms with Crippen molar-refractivity contribution in [2.75, 3.05) is 37.1 Å². The van der Waals surface area contributed by atoms with Gasteiger partial charge in [-0.25, -0.2) is 0 Å². The molecule has 0 aromatic carbocycles. The zero-order valence-electron chi connectivity index (χ0n) is 24.8. The topological polar surface area (TPSA) is 172 Å². The van der Waals surface area contributed by atoms with Gasteiger partial charge in [-0.2, -0.15) is 0 Å². The van der Waals surface area contributed by atoms with Crippen LogP contribution in [0, 0.1) is 0 Å². The lowest BCUT2D eigenvalue weighted by Gasteiger charge is -2.26. The SMILES string of the molecule is O=C(Cc1cc(OC2COC2)ccn1)Nc1nnc([C@H]2CCC[C@H](c3nnc(NC(=O)Cc4cc(OC5COC5)ccn4)s3)C2)s1. The van der Waals surface area contributed by atoms with E-state index in [2.05, 4.69) is 41.0 Å². The quantitative estimate of drug-likeness (QED) is 0.226. The third kappa shape index (κ3) is 7.81. The highest BCUT2D eigenvalue weighted by Gasteiger charge is 2.30. The molecule has 2 N–H and O–H groups in total. The fourth-order valence-electron chi connectivity index (χ4n) is 5.40. The van der Waals surface area contributed by atoms with Gasteiger partial charge in [0.25, 0.3) is 0 Å². The van der Waals surface area contributed by atoms with Crippen molar-refractivity contribution in [2.24, 2.45) is 0 Å². The summed E-state index contributed by atoms with van der Waals surface area (Å²) in [7, 11) is 0. The summed E-state index contributed by atoms with van der Waals surface area (Å²) in [5.41, 5.74) is 1.22. The third-order valence-corrected chi connectivity index (χ3v) is 9.83. The molecule has 1 aliphatic carbocycles. The zero-order chi connectivity index (χ0) is 31.3. The van der Waals surface area contributed by atoms with Crippen molar-refractivity contribution in [1.82, 2.24) is 30.4 Å². The molecule has 0 spiro atoms. The molecule has 1 saturated carbocycles. The molecule has 2 amide bonds. The molecule has 0 bridgehead atoms. The monoisotopic (exact) mass is 664 g/mol. The van der Waals surface area contributed by atoms with Crippen LogP contribution in [-0.2, 0) is 31.9 Å².